The molecule has 0 saturated heterocycles. The number of thiophene rings is 1. The third-order valence-electron chi connectivity index (χ3n) is 2.64. The number of hydrogen-bond donors (Lipinski definition) is 3. The number of nitrogens with zero attached hydrogens (tertiary/aromatic N) is 2. The molecule has 0 aliphatic heterocycles. The summed E-state index contributed by atoms with van der Waals surface area (Å²) >= 11 is 1.54. The monoisotopic (exact) mass is 283 g/mol. The van der Waals surface area contributed by atoms with Crippen molar-refractivity contribution in [1.82, 2.24) is 9.97 Å². The van der Waals surface area contributed by atoms with Crippen LogP contribution in [0.5, 0.6) is 0 Å². The molecular formula is C11H17N5O2S. The quantitative estimate of drug-likeness (QED) is 0.516. The van der Waals surface area contributed by atoms with Crippen molar-refractivity contribution in [3.05, 3.63) is 11.4 Å². The fraction of sp³-hybridized carbons (Fsp3) is 0.455. The van der Waals surface area contributed by atoms with Crippen molar-refractivity contribution >= 4 is 33.3 Å². The molecule has 2 aromatic rings. The maximum absolute atomic E-state index is 5.37. The number of rotatable bonds is 7. The number of methoxy groups -OCH3 is 2. The van der Waals surface area contributed by atoms with Crippen molar-refractivity contribution in [2.24, 2.45) is 5.84 Å². The molecule has 0 saturated carbocycles. The molecule has 1 unspecified atom stereocenters. The van der Waals surface area contributed by atoms with Crippen LogP contribution in [0.25, 0.3) is 10.2 Å². The van der Waals surface area contributed by atoms with E-state index in [2.05, 4.69) is 20.7 Å². The summed E-state index contributed by atoms with van der Waals surface area (Å²) in [7, 11) is 3.29. The molecule has 0 aliphatic carbocycles. The lowest BCUT2D eigenvalue weighted by Crippen LogP contribution is -2.27. The van der Waals surface area contributed by atoms with Gasteiger partial charge >= 0.3 is 0 Å². The Hall–Kier alpha value is -1.48. The molecule has 8 heteroatoms. The van der Waals surface area contributed by atoms with E-state index in [1.807, 2.05) is 11.4 Å². The van der Waals surface area contributed by atoms with E-state index in [0.717, 1.165) is 16.0 Å². The third kappa shape index (κ3) is 3.29. The predicted molar refractivity (Wildman–Crippen MR) is 76.4 cm³/mol. The largest absolute Gasteiger partial charge is 0.382 e. The van der Waals surface area contributed by atoms with Crippen LogP contribution < -0.4 is 16.6 Å². The number of hydrogen-bond acceptors (Lipinski definition) is 8. The molecule has 0 fully saturated rings. The van der Waals surface area contributed by atoms with Crippen molar-refractivity contribution < 1.29 is 9.47 Å². The molecule has 0 aliphatic rings. The number of hydrazine groups is 1. The van der Waals surface area contributed by atoms with Crippen molar-refractivity contribution in [1.29, 1.82) is 0 Å². The minimum absolute atomic E-state index is 0.0389. The van der Waals surface area contributed by atoms with E-state index in [0.29, 0.717) is 19.1 Å². The summed E-state index contributed by atoms with van der Waals surface area (Å²) in [6, 6.07) is 1.97. The molecule has 104 valence electrons. The van der Waals surface area contributed by atoms with Gasteiger partial charge in [0.15, 0.2) is 0 Å². The van der Waals surface area contributed by atoms with Gasteiger partial charge in [-0.05, 0) is 11.4 Å². The summed E-state index contributed by atoms with van der Waals surface area (Å²) in [5.74, 6) is 6.49. The highest BCUT2D eigenvalue weighted by Crippen LogP contribution is 2.26. The van der Waals surface area contributed by atoms with Crippen LogP contribution in [0, 0.1) is 0 Å². The van der Waals surface area contributed by atoms with Crippen LogP contribution in [0.3, 0.4) is 0 Å². The topological polar surface area (TPSA) is 94.3 Å². The average Bonchev–Trinajstić information content (AvgIpc) is 2.91. The van der Waals surface area contributed by atoms with E-state index in [1.165, 1.54) is 11.3 Å². The number of nitrogens with one attached hydrogen (secondary N) is 2. The summed E-state index contributed by atoms with van der Waals surface area (Å²) in [4.78, 5) is 9.46. The second-order valence-corrected chi connectivity index (χ2v) is 4.77. The Morgan fingerprint density at radius 2 is 2.26 bits per heavy atom. The van der Waals surface area contributed by atoms with Gasteiger partial charge in [0.25, 0.3) is 0 Å². The van der Waals surface area contributed by atoms with E-state index in [-0.39, 0.29) is 6.10 Å². The molecule has 19 heavy (non-hydrogen) atoms. The molecule has 0 radical (unpaired) electrons. The summed E-state index contributed by atoms with van der Waals surface area (Å²) < 4.78 is 10.4. The van der Waals surface area contributed by atoms with Gasteiger partial charge in [-0.1, -0.05) is 0 Å². The molecule has 0 amide bonds. The standard InChI is InChI=1S/C11H17N5O2S/c1-17-6-7(18-2)5-13-9-8-3-4-19-10(8)15-11(14-9)16-12/h3-4,7H,5-6,12H2,1-2H3,(H2,13,14,15,16). The lowest BCUT2D eigenvalue weighted by atomic mass is 10.3. The first-order valence-electron chi connectivity index (χ1n) is 5.76. The fourth-order valence-electron chi connectivity index (χ4n) is 1.66. The number of ether oxygens (including phenoxy) is 2. The van der Waals surface area contributed by atoms with Gasteiger partial charge < -0.3 is 14.8 Å². The Kier molecular flexibility index (Phi) is 4.86. The SMILES string of the molecule is COCC(CNc1nc(NN)nc2sccc12)OC. The predicted octanol–water partition coefficient (Wildman–Crippen LogP) is 1.05. The van der Waals surface area contributed by atoms with Gasteiger partial charge in [-0.25, -0.2) is 10.8 Å². The second-order valence-electron chi connectivity index (χ2n) is 3.87. The Morgan fingerprint density at radius 3 is 2.95 bits per heavy atom. The molecular weight excluding hydrogens is 266 g/mol. The highest BCUT2D eigenvalue weighted by atomic mass is 32.1. The Labute approximate surface area is 115 Å². The zero-order valence-corrected chi connectivity index (χ0v) is 11.7. The first-order valence-corrected chi connectivity index (χ1v) is 6.64. The molecule has 0 aromatic carbocycles. The van der Waals surface area contributed by atoms with Crippen LogP contribution in [-0.4, -0.2) is 43.4 Å². The van der Waals surface area contributed by atoms with Crippen LogP contribution in [-0.2, 0) is 9.47 Å². The molecule has 2 rings (SSSR count). The van der Waals surface area contributed by atoms with Crippen molar-refractivity contribution in [2.45, 2.75) is 6.10 Å². The van der Waals surface area contributed by atoms with Gasteiger partial charge in [0.05, 0.1) is 18.1 Å². The molecule has 0 spiro atoms. The molecule has 4 N–H and O–H groups in total. The third-order valence-corrected chi connectivity index (χ3v) is 3.44. The summed E-state index contributed by atoms with van der Waals surface area (Å²) in [6.07, 6.45) is -0.0389. The summed E-state index contributed by atoms with van der Waals surface area (Å²) in [5, 5.41) is 6.17. The van der Waals surface area contributed by atoms with E-state index in [4.69, 9.17) is 15.3 Å². The Morgan fingerprint density at radius 1 is 1.42 bits per heavy atom. The van der Waals surface area contributed by atoms with Crippen LogP contribution in [0.15, 0.2) is 11.4 Å². The number of anilines is 2. The van der Waals surface area contributed by atoms with E-state index < -0.39 is 0 Å². The number of aromatic nitrogens is 2. The zero-order chi connectivity index (χ0) is 13.7. The van der Waals surface area contributed by atoms with Crippen molar-refractivity contribution in [3.63, 3.8) is 0 Å². The van der Waals surface area contributed by atoms with Gasteiger partial charge in [-0.3, -0.25) is 5.43 Å². The average molecular weight is 283 g/mol. The minimum atomic E-state index is -0.0389. The summed E-state index contributed by atoms with van der Waals surface area (Å²) in [5.41, 5.74) is 2.46. The Balaban J connectivity index is 2.16. The highest BCUT2D eigenvalue weighted by molar-refractivity contribution is 7.16. The van der Waals surface area contributed by atoms with Crippen molar-refractivity contribution in [3.8, 4) is 0 Å². The van der Waals surface area contributed by atoms with Gasteiger partial charge in [0.2, 0.25) is 5.95 Å². The fourth-order valence-corrected chi connectivity index (χ4v) is 2.43. The van der Waals surface area contributed by atoms with Crippen LogP contribution in [0.4, 0.5) is 11.8 Å². The minimum Gasteiger partial charge on any atom is -0.382 e. The van der Waals surface area contributed by atoms with Gasteiger partial charge in [-0.2, -0.15) is 4.98 Å². The number of nitrogens with two attached hydrogens (primary N) is 1. The maximum Gasteiger partial charge on any atom is 0.240 e. The molecule has 2 aromatic heterocycles. The molecule has 7 nitrogen and oxygen atoms in total. The summed E-state index contributed by atoms with van der Waals surface area (Å²) in [6.45, 7) is 1.11. The number of nitrogen functional groups attached to an aromatic ring is 1. The van der Waals surface area contributed by atoms with Crippen LogP contribution in [0.1, 0.15) is 0 Å². The first kappa shape index (κ1) is 13.9. The second kappa shape index (κ2) is 6.62. The maximum atomic E-state index is 5.37. The van der Waals surface area contributed by atoms with Crippen LogP contribution in [0.2, 0.25) is 0 Å². The molecule has 2 heterocycles. The first-order chi connectivity index (χ1) is 9.28. The lowest BCUT2D eigenvalue weighted by Gasteiger charge is -2.16. The van der Waals surface area contributed by atoms with E-state index >= 15 is 0 Å². The molecule has 1 atom stereocenters. The van der Waals surface area contributed by atoms with E-state index in [9.17, 15) is 0 Å². The highest BCUT2D eigenvalue weighted by Gasteiger charge is 2.11. The van der Waals surface area contributed by atoms with Crippen LogP contribution >= 0.6 is 11.3 Å². The van der Waals surface area contributed by atoms with Gasteiger partial charge in [0.1, 0.15) is 10.6 Å². The van der Waals surface area contributed by atoms with E-state index in [1.54, 1.807) is 14.2 Å². The smallest absolute Gasteiger partial charge is 0.240 e. The van der Waals surface area contributed by atoms with Crippen molar-refractivity contribution in [2.75, 3.05) is 38.1 Å². The normalized spacial score (nSPS) is 12.6. The lowest BCUT2D eigenvalue weighted by molar-refractivity contribution is 0.0365. The number of fused-ring (bicyclic) bond motifs is 1. The zero-order valence-electron chi connectivity index (χ0n) is 10.8. The Bertz CT molecular complexity index is 533. The van der Waals surface area contributed by atoms with Gasteiger partial charge in [-0.15, -0.1) is 11.3 Å². The van der Waals surface area contributed by atoms with Gasteiger partial charge in [0, 0.05) is 20.8 Å². The molecule has 0 bridgehead atoms.